The van der Waals surface area contributed by atoms with Crippen molar-refractivity contribution in [3.63, 3.8) is 0 Å². The summed E-state index contributed by atoms with van der Waals surface area (Å²) in [7, 11) is 1.42. The molecule has 2 aromatic carbocycles. The number of benzene rings is 2. The van der Waals surface area contributed by atoms with Gasteiger partial charge in [-0.05, 0) is 56.7 Å². The van der Waals surface area contributed by atoms with Crippen LogP contribution in [-0.4, -0.2) is 56.0 Å². The summed E-state index contributed by atoms with van der Waals surface area (Å²) in [4.78, 5) is 14.7. The first-order valence-electron chi connectivity index (χ1n) is 15.3. The zero-order chi connectivity index (χ0) is 30.8. The molecule has 0 spiro atoms. The van der Waals surface area contributed by atoms with E-state index in [4.69, 9.17) is 14.2 Å². The molecule has 1 fully saturated rings. The summed E-state index contributed by atoms with van der Waals surface area (Å²) in [6, 6.07) is 12.6. The minimum absolute atomic E-state index is 0.0983. The smallest absolute Gasteiger partial charge is 0.337 e. The number of carbonyl (C=O) groups excluding carboxylic acids is 1. The molecule has 6 heteroatoms. The van der Waals surface area contributed by atoms with Gasteiger partial charge >= 0.3 is 5.97 Å². The van der Waals surface area contributed by atoms with Crippen molar-refractivity contribution in [2.45, 2.75) is 64.6 Å². The number of ether oxygens (including phenoxy) is 3. The summed E-state index contributed by atoms with van der Waals surface area (Å²) in [6.45, 7) is 18.1. The molecule has 0 N–H and O–H groups in total. The Kier molecular flexibility index (Phi) is 8.91. The minimum Gasteiger partial charge on any atom is -0.465 e. The Morgan fingerprint density at radius 3 is 2.53 bits per heavy atom. The predicted octanol–water partition coefficient (Wildman–Crippen LogP) is 7.29. The maximum atomic E-state index is 12.3. The third-order valence-corrected chi connectivity index (χ3v) is 8.93. The molecule has 1 saturated heterocycles. The molecule has 0 atom stereocenters. The average Bonchev–Trinajstić information content (AvgIpc) is 3.64. The first kappa shape index (κ1) is 30.7. The van der Waals surface area contributed by atoms with Crippen molar-refractivity contribution in [1.29, 1.82) is 0 Å². The fourth-order valence-electron chi connectivity index (χ4n) is 6.58. The molecule has 0 aromatic heterocycles. The van der Waals surface area contributed by atoms with Crippen LogP contribution in [0.3, 0.4) is 0 Å². The quantitative estimate of drug-likeness (QED) is 0.128. The number of anilines is 1. The lowest BCUT2D eigenvalue weighted by atomic mass is 9.81. The molecule has 0 aliphatic carbocycles. The summed E-state index contributed by atoms with van der Waals surface area (Å²) >= 11 is 0. The van der Waals surface area contributed by atoms with Gasteiger partial charge < -0.3 is 19.1 Å². The maximum Gasteiger partial charge on any atom is 0.337 e. The molecule has 5 rings (SSSR count). The maximum absolute atomic E-state index is 12.3. The lowest BCUT2D eigenvalue weighted by molar-refractivity contribution is -0.436. The number of fused-ring (bicyclic) bond motifs is 2. The molecule has 3 heterocycles. The van der Waals surface area contributed by atoms with Crippen LogP contribution in [0.5, 0.6) is 0 Å². The van der Waals surface area contributed by atoms with Crippen LogP contribution in [0, 0.1) is 6.92 Å². The van der Waals surface area contributed by atoms with Gasteiger partial charge in [-0.2, -0.15) is 4.58 Å². The van der Waals surface area contributed by atoms with Crippen LogP contribution in [0.15, 0.2) is 85.1 Å². The fourth-order valence-corrected chi connectivity index (χ4v) is 6.58. The number of hydrogen-bond donors (Lipinski definition) is 0. The highest BCUT2D eigenvalue weighted by atomic mass is 16.7. The van der Waals surface area contributed by atoms with Crippen molar-refractivity contribution in [3.05, 3.63) is 107 Å². The molecule has 0 unspecified atom stereocenters. The van der Waals surface area contributed by atoms with Crippen molar-refractivity contribution >= 4 is 23.1 Å². The summed E-state index contributed by atoms with van der Waals surface area (Å²) in [5, 5.41) is 0. The molecule has 0 radical (unpaired) electrons. The highest BCUT2D eigenvalue weighted by Crippen LogP contribution is 2.48. The lowest BCUT2D eigenvalue weighted by Crippen LogP contribution is -2.29. The molecule has 6 nitrogen and oxygen atoms in total. The third-order valence-electron chi connectivity index (χ3n) is 8.93. The highest BCUT2D eigenvalue weighted by molar-refractivity contribution is 6.03. The van der Waals surface area contributed by atoms with Crippen LogP contribution in [0.1, 0.15) is 67.6 Å². The first-order chi connectivity index (χ1) is 20.6. The van der Waals surface area contributed by atoms with E-state index in [2.05, 4.69) is 99.3 Å². The van der Waals surface area contributed by atoms with Crippen LogP contribution in [-0.2, 0) is 25.0 Å². The van der Waals surface area contributed by atoms with Crippen molar-refractivity contribution in [2.24, 2.45) is 0 Å². The topological polar surface area (TPSA) is 51.0 Å². The lowest BCUT2D eigenvalue weighted by Gasteiger charge is -2.27. The van der Waals surface area contributed by atoms with Crippen molar-refractivity contribution < 1.29 is 23.6 Å². The molecule has 0 amide bonds. The Morgan fingerprint density at radius 2 is 1.81 bits per heavy atom. The van der Waals surface area contributed by atoms with Gasteiger partial charge in [0.15, 0.2) is 18.5 Å². The number of allylic oxidation sites excluding steroid dienone is 6. The summed E-state index contributed by atoms with van der Waals surface area (Å²) < 4.78 is 18.9. The van der Waals surface area contributed by atoms with Gasteiger partial charge in [0.2, 0.25) is 5.69 Å². The zero-order valence-corrected chi connectivity index (χ0v) is 26.5. The van der Waals surface area contributed by atoms with Crippen molar-refractivity contribution in [3.8, 4) is 0 Å². The van der Waals surface area contributed by atoms with Crippen LogP contribution < -0.4 is 4.90 Å². The average molecular weight is 582 g/mol. The van der Waals surface area contributed by atoms with Gasteiger partial charge in [-0.15, -0.1) is 6.58 Å². The number of hydrogen-bond acceptors (Lipinski definition) is 5. The monoisotopic (exact) mass is 581 g/mol. The highest BCUT2D eigenvalue weighted by Gasteiger charge is 2.44. The number of carbonyl (C=O) groups is 1. The summed E-state index contributed by atoms with van der Waals surface area (Å²) in [5.41, 5.74) is 8.73. The molecule has 3 aliphatic heterocycles. The number of rotatable bonds is 10. The molecule has 3 aliphatic rings. The van der Waals surface area contributed by atoms with E-state index in [9.17, 15) is 4.79 Å². The van der Waals surface area contributed by atoms with Gasteiger partial charge in [0, 0.05) is 53.9 Å². The molecule has 43 heavy (non-hydrogen) atoms. The Bertz CT molecular complexity index is 1520. The second-order valence-corrected chi connectivity index (χ2v) is 12.5. The second-order valence-electron chi connectivity index (χ2n) is 12.5. The summed E-state index contributed by atoms with van der Waals surface area (Å²) in [5.74, 6) is -0.327. The second kappa shape index (κ2) is 12.5. The predicted molar refractivity (Wildman–Crippen MR) is 174 cm³/mol. The Balaban J connectivity index is 1.44. The number of nitrogens with zero attached hydrogens (tertiary/aromatic N) is 2. The Hall–Kier alpha value is -3.74. The van der Waals surface area contributed by atoms with E-state index in [0.717, 1.165) is 42.9 Å². The molecular weight excluding hydrogens is 536 g/mol. The molecule has 226 valence electrons. The summed E-state index contributed by atoms with van der Waals surface area (Å²) in [6.07, 6.45) is 14.3. The van der Waals surface area contributed by atoms with Gasteiger partial charge in [-0.25, -0.2) is 4.79 Å². The van der Waals surface area contributed by atoms with Gasteiger partial charge in [-0.3, -0.25) is 0 Å². The molecular formula is C37H45N2O4+. The van der Waals surface area contributed by atoms with Crippen molar-refractivity contribution in [1.82, 2.24) is 0 Å². The fraction of sp³-hybridized carbons (Fsp3) is 0.405. The normalized spacial score (nSPS) is 20.0. The standard InChI is InChI=1S/C37H45N2O4/c1-8-9-20-38-30-17-15-26(2)24-28(30)36(3,4)32(38)13-11-10-12-14-33-37(5,6)29-25-27(35(40)41-7)16-18-31(29)39(33)21-19-34-42-22-23-43-34/h8,10-18,24-25,34H,1,9,19-23H2,2-7H3/q+1. The van der Waals surface area contributed by atoms with Gasteiger partial charge in [0.05, 0.1) is 31.3 Å². The molecule has 2 aromatic rings. The molecule has 0 saturated carbocycles. The Labute approximate surface area is 256 Å². The van der Waals surface area contributed by atoms with Gasteiger partial charge in [-0.1, -0.05) is 49.8 Å². The Morgan fingerprint density at radius 1 is 1.05 bits per heavy atom. The minimum atomic E-state index is -0.327. The van der Waals surface area contributed by atoms with Gasteiger partial charge in [0.25, 0.3) is 0 Å². The molecule has 0 bridgehead atoms. The van der Waals surface area contributed by atoms with Crippen LogP contribution in [0.2, 0.25) is 0 Å². The van der Waals surface area contributed by atoms with E-state index in [1.165, 1.54) is 29.6 Å². The third kappa shape index (κ3) is 5.91. The number of esters is 1. The number of aryl methyl sites for hydroxylation is 1. The van der Waals surface area contributed by atoms with Crippen LogP contribution in [0.25, 0.3) is 0 Å². The van der Waals surface area contributed by atoms with E-state index in [0.29, 0.717) is 18.8 Å². The van der Waals surface area contributed by atoms with Gasteiger partial charge in [0.1, 0.15) is 0 Å². The van der Waals surface area contributed by atoms with E-state index >= 15 is 0 Å². The van der Waals surface area contributed by atoms with Crippen LogP contribution >= 0.6 is 0 Å². The first-order valence-corrected chi connectivity index (χ1v) is 15.3. The number of methoxy groups -OCH3 is 1. The largest absolute Gasteiger partial charge is 0.465 e. The van der Waals surface area contributed by atoms with E-state index in [1.54, 1.807) is 0 Å². The van der Waals surface area contributed by atoms with Crippen LogP contribution in [0.4, 0.5) is 11.4 Å². The van der Waals surface area contributed by atoms with E-state index in [1.807, 2.05) is 24.3 Å². The SMILES string of the molecule is C=CCC[N+]1=C(C=CC=CC=C2N(CCC3OCCO3)c3ccc(C(=O)OC)cc3C2(C)C)C(C)(C)c2cc(C)ccc21. The van der Waals surface area contributed by atoms with E-state index in [-0.39, 0.29) is 23.1 Å². The van der Waals surface area contributed by atoms with Crippen molar-refractivity contribution in [2.75, 3.05) is 38.3 Å². The zero-order valence-electron chi connectivity index (χ0n) is 26.5. The van der Waals surface area contributed by atoms with E-state index < -0.39 is 0 Å².